The number of rotatable bonds is 3. The van der Waals surface area contributed by atoms with Crippen LogP contribution in [-0.2, 0) is 0 Å². The molecule has 0 radical (unpaired) electrons. The topological polar surface area (TPSA) is 15.3 Å². The highest BCUT2D eigenvalue weighted by molar-refractivity contribution is 5.85. The van der Waals surface area contributed by atoms with Gasteiger partial charge in [0.15, 0.2) is 0 Å². The Hall–Kier alpha value is -0.280. The van der Waals surface area contributed by atoms with Crippen LogP contribution >= 0.6 is 24.8 Å². The van der Waals surface area contributed by atoms with Crippen molar-refractivity contribution in [1.82, 2.24) is 10.2 Å². The number of aryl methyl sites for hydroxylation is 1. The summed E-state index contributed by atoms with van der Waals surface area (Å²) in [5, 5.41) is 3.45. The fourth-order valence-electron chi connectivity index (χ4n) is 3.04. The molecule has 1 saturated carbocycles. The maximum atomic E-state index is 3.45. The van der Waals surface area contributed by atoms with Crippen LogP contribution in [0.4, 0.5) is 0 Å². The van der Waals surface area contributed by atoms with Crippen LogP contribution < -0.4 is 5.32 Å². The summed E-state index contributed by atoms with van der Waals surface area (Å²) >= 11 is 0. The van der Waals surface area contributed by atoms with Crippen molar-refractivity contribution in [3.8, 4) is 0 Å². The molecule has 2 nitrogen and oxygen atoms in total. The Labute approximate surface area is 128 Å². The van der Waals surface area contributed by atoms with Crippen LogP contribution in [-0.4, -0.2) is 31.1 Å². The molecule has 2 fully saturated rings. The number of halogens is 2. The summed E-state index contributed by atoms with van der Waals surface area (Å²) in [5.41, 5.74) is 3.03. The van der Waals surface area contributed by atoms with Crippen molar-refractivity contribution >= 4 is 24.8 Å². The monoisotopic (exact) mass is 302 g/mol. The van der Waals surface area contributed by atoms with Crippen molar-refractivity contribution in [3.05, 3.63) is 35.4 Å². The van der Waals surface area contributed by atoms with Gasteiger partial charge in [-0.1, -0.05) is 24.3 Å². The molecule has 1 N–H and O–H groups in total. The molecule has 1 atom stereocenters. The molecule has 0 aromatic heterocycles. The molecule has 0 unspecified atom stereocenters. The van der Waals surface area contributed by atoms with Crippen molar-refractivity contribution in [2.45, 2.75) is 25.8 Å². The summed E-state index contributed by atoms with van der Waals surface area (Å²) in [5.74, 6) is 0.911. The van der Waals surface area contributed by atoms with Gasteiger partial charge < -0.3 is 5.32 Å². The lowest BCUT2D eigenvalue weighted by Gasteiger charge is -2.36. The number of piperazine rings is 1. The van der Waals surface area contributed by atoms with Crippen molar-refractivity contribution in [2.75, 3.05) is 26.2 Å². The van der Waals surface area contributed by atoms with Gasteiger partial charge in [0.25, 0.3) is 0 Å². The lowest BCUT2D eigenvalue weighted by Crippen LogP contribution is -2.45. The van der Waals surface area contributed by atoms with E-state index in [4.69, 9.17) is 0 Å². The number of hydrogen-bond acceptors (Lipinski definition) is 2. The Balaban J connectivity index is 0.000000902. The van der Waals surface area contributed by atoms with Crippen LogP contribution in [0.15, 0.2) is 24.3 Å². The molecule has 0 amide bonds. The first-order valence-electron chi connectivity index (χ1n) is 6.86. The van der Waals surface area contributed by atoms with Crippen molar-refractivity contribution in [1.29, 1.82) is 0 Å². The highest BCUT2D eigenvalue weighted by Crippen LogP contribution is 2.45. The molecule has 1 aromatic rings. The van der Waals surface area contributed by atoms with E-state index < -0.39 is 0 Å². The van der Waals surface area contributed by atoms with Crippen molar-refractivity contribution in [3.63, 3.8) is 0 Å². The molecular weight excluding hydrogens is 279 g/mol. The van der Waals surface area contributed by atoms with Gasteiger partial charge in [0.2, 0.25) is 0 Å². The minimum atomic E-state index is 0. The Kier molecular flexibility index (Phi) is 6.61. The van der Waals surface area contributed by atoms with Crippen LogP contribution in [0.5, 0.6) is 0 Å². The predicted molar refractivity (Wildman–Crippen MR) is 85.6 cm³/mol. The van der Waals surface area contributed by atoms with Crippen LogP contribution in [0.3, 0.4) is 0 Å². The first-order valence-corrected chi connectivity index (χ1v) is 6.86. The molecule has 1 aromatic carbocycles. The van der Waals surface area contributed by atoms with Gasteiger partial charge in [-0.2, -0.15) is 0 Å². The van der Waals surface area contributed by atoms with E-state index >= 15 is 0 Å². The molecule has 19 heavy (non-hydrogen) atoms. The summed E-state index contributed by atoms with van der Waals surface area (Å²) in [4.78, 5) is 2.69. The van der Waals surface area contributed by atoms with E-state index in [2.05, 4.69) is 41.4 Å². The van der Waals surface area contributed by atoms with Gasteiger partial charge in [-0.05, 0) is 36.8 Å². The van der Waals surface area contributed by atoms with Gasteiger partial charge in [0, 0.05) is 32.2 Å². The second-order valence-corrected chi connectivity index (χ2v) is 5.42. The molecular formula is C15H24Cl2N2. The minimum absolute atomic E-state index is 0. The molecule has 3 rings (SSSR count). The predicted octanol–water partition coefficient (Wildman–Crippen LogP) is 3.19. The zero-order valence-corrected chi connectivity index (χ0v) is 13.1. The molecule has 108 valence electrons. The summed E-state index contributed by atoms with van der Waals surface area (Å²) in [6.07, 6.45) is 2.84. The Morgan fingerprint density at radius 3 is 2.32 bits per heavy atom. The van der Waals surface area contributed by atoms with E-state index in [1.54, 1.807) is 5.56 Å². The third kappa shape index (κ3) is 3.85. The summed E-state index contributed by atoms with van der Waals surface area (Å²) in [7, 11) is 0. The number of nitrogens with zero attached hydrogens (tertiary/aromatic N) is 1. The van der Waals surface area contributed by atoms with Crippen LogP contribution in [0.25, 0.3) is 0 Å². The van der Waals surface area contributed by atoms with Gasteiger partial charge in [-0.25, -0.2) is 0 Å². The van der Waals surface area contributed by atoms with Gasteiger partial charge in [0.05, 0.1) is 0 Å². The first-order chi connectivity index (χ1) is 8.36. The third-order valence-corrected chi connectivity index (χ3v) is 4.12. The fraction of sp³-hybridized carbons (Fsp3) is 0.600. The lowest BCUT2D eigenvalue weighted by atomic mass is 9.95. The normalized spacial score (nSPS) is 21.1. The quantitative estimate of drug-likeness (QED) is 0.922. The standard InChI is InChI=1S/C15H22N2.2ClH/c1-12-4-2-3-5-14(12)15(13-6-7-13)17-10-8-16-9-11-17;;/h2-5,13,15-16H,6-11H2,1H3;2*1H/t15-;;/m0../s1. The SMILES string of the molecule is Cc1ccccc1[C@H](C1CC1)N1CCNCC1.Cl.Cl. The van der Waals surface area contributed by atoms with E-state index in [0.717, 1.165) is 19.0 Å². The summed E-state index contributed by atoms with van der Waals surface area (Å²) in [6, 6.07) is 9.62. The molecule has 0 bridgehead atoms. The third-order valence-electron chi connectivity index (χ3n) is 4.12. The maximum absolute atomic E-state index is 3.45. The van der Waals surface area contributed by atoms with Crippen molar-refractivity contribution < 1.29 is 0 Å². The Morgan fingerprint density at radius 1 is 1.11 bits per heavy atom. The van der Waals surface area contributed by atoms with E-state index in [0.29, 0.717) is 6.04 Å². The van der Waals surface area contributed by atoms with Gasteiger partial charge in [-0.15, -0.1) is 24.8 Å². The highest BCUT2D eigenvalue weighted by Gasteiger charge is 2.37. The number of nitrogens with one attached hydrogen (secondary N) is 1. The van der Waals surface area contributed by atoms with Crippen LogP contribution in [0.1, 0.15) is 30.0 Å². The van der Waals surface area contributed by atoms with Gasteiger partial charge in [-0.3, -0.25) is 4.90 Å². The maximum Gasteiger partial charge on any atom is 0.0379 e. The summed E-state index contributed by atoms with van der Waals surface area (Å²) < 4.78 is 0. The first kappa shape index (κ1) is 16.8. The second-order valence-electron chi connectivity index (χ2n) is 5.42. The minimum Gasteiger partial charge on any atom is -0.314 e. The summed E-state index contributed by atoms with van der Waals surface area (Å²) in [6.45, 7) is 6.96. The average Bonchev–Trinajstić information content (AvgIpc) is 3.18. The molecule has 1 heterocycles. The molecule has 1 saturated heterocycles. The Morgan fingerprint density at radius 2 is 1.74 bits per heavy atom. The van der Waals surface area contributed by atoms with E-state index in [1.165, 1.54) is 31.5 Å². The van der Waals surface area contributed by atoms with Crippen molar-refractivity contribution in [2.24, 2.45) is 5.92 Å². The van der Waals surface area contributed by atoms with Gasteiger partial charge in [0.1, 0.15) is 0 Å². The number of hydrogen-bond donors (Lipinski definition) is 1. The number of benzene rings is 1. The fourth-order valence-corrected chi connectivity index (χ4v) is 3.04. The smallest absolute Gasteiger partial charge is 0.0379 e. The zero-order chi connectivity index (χ0) is 11.7. The molecule has 1 aliphatic carbocycles. The lowest BCUT2D eigenvalue weighted by molar-refractivity contribution is 0.155. The average molecular weight is 303 g/mol. The largest absolute Gasteiger partial charge is 0.314 e. The highest BCUT2D eigenvalue weighted by atomic mass is 35.5. The van der Waals surface area contributed by atoms with Gasteiger partial charge >= 0.3 is 0 Å². The van der Waals surface area contributed by atoms with E-state index in [9.17, 15) is 0 Å². The zero-order valence-electron chi connectivity index (χ0n) is 11.5. The molecule has 1 aliphatic heterocycles. The second kappa shape index (κ2) is 7.49. The van der Waals surface area contributed by atoms with E-state index in [-0.39, 0.29) is 24.8 Å². The van der Waals surface area contributed by atoms with E-state index in [1.807, 2.05) is 0 Å². The molecule has 0 spiro atoms. The molecule has 4 heteroatoms. The molecule has 2 aliphatic rings. The van der Waals surface area contributed by atoms with Crippen LogP contribution in [0, 0.1) is 12.8 Å². The van der Waals surface area contributed by atoms with Crippen LogP contribution in [0.2, 0.25) is 0 Å². The Bertz CT molecular complexity index is 387.